The Bertz CT molecular complexity index is 1010. The first-order valence-electron chi connectivity index (χ1n) is 9.34. The third-order valence-corrected chi connectivity index (χ3v) is 4.36. The highest BCUT2D eigenvalue weighted by atomic mass is 16.7. The standard InChI is InChI=1S/C22H21N3O4/c1-2-27-19-6-4-3-5-17(19)25-22(26)18-9-8-16(13-24-18)23-12-15-7-10-20-21(11-15)29-14-28-20/h3-11,13,23H,2,12,14H2,1H3,(H,25,26). The number of pyridine rings is 1. The van der Waals surface area contributed by atoms with Crippen LogP contribution in [0.25, 0.3) is 0 Å². The topological polar surface area (TPSA) is 81.7 Å². The van der Waals surface area contributed by atoms with Crippen LogP contribution in [0, 0.1) is 0 Å². The Morgan fingerprint density at radius 1 is 1.10 bits per heavy atom. The number of nitrogens with one attached hydrogen (secondary N) is 2. The molecule has 148 valence electrons. The van der Waals surface area contributed by atoms with Crippen LogP contribution in [0.4, 0.5) is 11.4 Å². The molecule has 29 heavy (non-hydrogen) atoms. The number of amides is 1. The minimum absolute atomic E-state index is 0.259. The zero-order valence-electron chi connectivity index (χ0n) is 16.0. The second-order valence-electron chi connectivity index (χ2n) is 6.36. The Kier molecular flexibility index (Phi) is 5.47. The second-order valence-corrected chi connectivity index (χ2v) is 6.36. The van der Waals surface area contributed by atoms with Gasteiger partial charge in [0.2, 0.25) is 6.79 Å². The first kappa shape index (κ1) is 18.6. The fourth-order valence-electron chi connectivity index (χ4n) is 2.93. The molecular formula is C22H21N3O4. The monoisotopic (exact) mass is 391 g/mol. The zero-order chi connectivity index (χ0) is 20.1. The van der Waals surface area contributed by atoms with Crippen molar-refractivity contribution in [1.29, 1.82) is 0 Å². The highest BCUT2D eigenvalue weighted by Gasteiger charge is 2.13. The van der Waals surface area contributed by atoms with Gasteiger partial charge in [0, 0.05) is 6.54 Å². The van der Waals surface area contributed by atoms with E-state index in [0.29, 0.717) is 30.3 Å². The van der Waals surface area contributed by atoms with Crippen molar-refractivity contribution < 1.29 is 19.0 Å². The van der Waals surface area contributed by atoms with E-state index in [4.69, 9.17) is 14.2 Å². The third kappa shape index (κ3) is 4.40. The lowest BCUT2D eigenvalue weighted by Crippen LogP contribution is -2.14. The Morgan fingerprint density at radius 3 is 2.79 bits per heavy atom. The summed E-state index contributed by atoms with van der Waals surface area (Å²) in [7, 11) is 0. The van der Waals surface area contributed by atoms with Gasteiger partial charge in [-0.25, -0.2) is 4.98 Å². The van der Waals surface area contributed by atoms with E-state index in [-0.39, 0.29) is 12.7 Å². The molecule has 0 bridgehead atoms. The van der Waals surface area contributed by atoms with E-state index in [1.54, 1.807) is 18.3 Å². The van der Waals surface area contributed by atoms with Crippen molar-refractivity contribution in [3.63, 3.8) is 0 Å². The molecule has 2 N–H and O–H groups in total. The van der Waals surface area contributed by atoms with E-state index in [2.05, 4.69) is 15.6 Å². The highest BCUT2D eigenvalue weighted by Crippen LogP contribution is 2.32. The number of anilines is 2. The first-order valence-corrected chi connectivity index (χ1v) is 9.34. The van der Waals surface area contributed by atoms with E-state index in [0.717, 1.165) is 22.7 Å². The smallest absolute Gasteiger partial charge is 0.274 e. The molecule has 4 rings (SSSR count). The number of ether oxygens (including phenoxy) is 3. The van der Waals surface area contributed by atoms with Crippen molar-refractivity contribution in [3.8, 4) is 17.2 Å². The van der Waals surface area contributed by atoms with Crippen molar-refractivity contribution >= 4 is 17.3 Å². The molecule has 0 unspecified atom stereocenters. The number of carbonyl (C=O) groups is 1. The van der Waals surface area contributed by atoms with Gasteiger partial charge in [-0.3, -0.25) is 4.79 Å². The van der Waals surface area contributed by atoms with Gasteiger partial charge < -0.3 is 24.8 Å². The summed E-state index contributed by atoms with van der Waals surface area (Å²) in [5.41, 5.74) is 2.81. The number of rotatable bonds is 7. The minimum atomic E-state index is -0.292. The average Bonchev–Trinajstić information content (AvgIpc) is 3.22. The van der Waals surface area contributed by atoms with Crippen molar-refractivity contribution in [3.05, 3.63) is 72.1 Å². The minimum Gasteiger partial charge on any atom is -0.492 e. The van der Waals surface area contributed by atoms with E-state index in [1.165, 1.54) is 0 Å². The Hall–Kier alpha value is -3.74. The summed E-state index contributed by atoms with van der Waals surface area (Å²) < 4.78 is 16.2. The van der Waals surface area contributed by atoms with E-state index in [9.17, 15) is 4.79 Å². The molecule has 0 saturated heterocycles. The van der Waals surface area contributed by atoms with Crippen LogP contribution in [0.1, 0.15) is 23.0 Å². The van der Waals surface area contributed by atoms with Gasteiger partial charge in [-0.05, 0) is 48.9 Å². The largest absolute Gasteiger partial charge is 0.492 e. The van der Waals surface area contributed by atoms with Gasteiger partial charge >= 0.3 is 0 Å². The van der Waals surface area contributed by atoms with Crippen LogP contribution in [0.3, 0.4) is 0 Å². The van der Waals surface area contributed by atoms with Gasteiger partial charge in [0.25, 0.3) is 5.91 Å². The van der Waals surface area contributed by atoms with Crippen molar-refractivity contribution in [2.75, 3.05) is 24.0 Å². The summed E-state index contributed by atoms with van der Waals surface area (Å²) in [6.45, 7) is 3.28. The molecule has 7 nitrogen and oxygen atoms in total. The second kappa shape index (κ2) is 8.52. The summed E-state index contributed by atoms with van der Waals surface area (Å²) in [6.07, 6.45) is 1.64. The summed E-state index contributed by atoms with van der Waals surface area (Å²) >= 11 is 0. The molecule has 3 aromatic rings. The van der Waals surface area contributed by atoms with Crippen LogP contribution in [0.5, 0.6) is 17.2 Å². The number of aromatic nitrogens is 1. The zero-order valence-corrected chi connectivity index (χ0v) is 16.0. The van der Waals surface area contributed by atoms with Gasteiger partial charge in [0.15, 0.2) is 11.5 Å². The molecule has 1 aliphatic heterocycles. The van der Waals surface area contributed by atoms with Crippen molar-refractivity contribution in [2.45, 2.75) is 13.5 Å². The van der Waals surface area contributed by atoms with E-state index in [1.807, 2.05) is 49.4 Å². The Labute approximate surface area is 168 Å². The van der Waals surface area contributed by atoms with Gasteiger partial charge in [0.1, 0.15) is 11.4 Å². The normalized spacial score (nSPS) is 11.8. The highest BCUT2D eigenvalue weighted by molar-refractivity contribution is 6.03. The van der Waals surface area contributed by atoms with Crippen molar-refractivity contribution in [1.82, 2.24) is 4.98 Å². The maximum atomic E-state index is 12.5. The number of benzene rings is 2. The van der Waals surface area contributed by atoms with Crippen molar-refractivity contribution in [2.24, 2.45) is 0 Å². The number of fused-ring (bicyclic) bond motifs is 1. The number of nitrogens with zero attached hydrogens (tertiary/aromatic N) is 1. The van der Waals surface area contributed by atoms with Gasteiger partial charge in [-0.2, -0.15) is 0 Å². The fourth-order valence-corrected chi connectivity index (χ4v) is 2.93. The predicted molar refractivity (Wildman–Crippen MR) is 110 cm³/mol. The molecule has 0 fully saturated rings. The lowest BCUT2D eigenvalue weighted by Gasteiger charge is -2.11. The maximum Gasteiger partial charge on any atom is 0.274 e. The Balaban J connectivity index is 1.37. The molecule has 1 amide bonds. The molecule has 1 aromatic heterocycles. The summed E-state index contributed by atoms with van der Waals surface area (Å²) in [6, 6.07) is 16.6. The van der Waals surface area contributed by atoms with Crippen LogP contribution in [0.2, 0.25) is 0 Å². The molecule has 7 heteroatoms. The molecule has 2 aromatic carbocycles. The quantitative estimate of drug-likeness (QED) is 0.632. The fraction of sp³-hybridized carbons (Fsp3) is 0.182. The molecule has 1 aliphatic rings. The number of hydrogen-bond acceptors (Lipinski definition) is 6. The van der Waals surface area contributed by atoms with Gasteiger partial charge in [-0.15, -0.1) is 0 Å². The summed E-state index contributed by atoms with van der Waals surface area (Å²) in [4.78, 5) is 16.8. The summed E-state index contributed by atoms with van der Waals surface area (Å²) in [5, 5.41) is 6.12. The lowest BCUT2D eigenvalue weighted by atomic mass is 10.2. The lowest BCUT2D eigenvalue weighted by molar-refractivity contribution is 0.102. The maximum absolute atomic E-state index is 12.5. The average molecular weight is 391 g/mol. The van der Waals surface area contributed by atoms with Crippen LogP contribution in [-0.4, -0.2) is 24.3 Å². The van der Waals surface area contributed by atoms with Gasteiger partial charge in [-0.1, -0.05) is 18.2 Å². The molecule has 0 spiro atoms. The molecule has 0 saturated carbocycles. The first-order chi connectivity index (χ1) is 14.2. The van der Waals surface area contributed by atoms with Crippen LogP contribution >= 0.6 is 0 Å². The van der Waals surface area contributed by atoms with E-state index < -0.39 is 0 Å². The number of hydrogen-bond donors (Lipinski definition) is 2. The molecule has 0 atom stereocenters. The Morgan fingerprint density at radius 2 is 1.97 bits per heavy atom. The number of para-hydroxylation sites is 2. The molecule has 0 radical (unpaired) electrons. The summed E-state index contributed by atoms with van der Waals surface area (Å²) in [5.74, 6) is 1.85. The molecule has 2 heterocycles. The van der Waals surface area contributed by atoms with Crippen LogP contribution in [0.15, 0.2) is 60.8 Å². The van der Waals surface area contributed by atoms with Crippen LogP contribution < -0.4 is 24.8 Å². The van der Waals surface area contributed by atoms with E-state index >= 15 is 0 Å². The molecule has 0 aliphatic carbocycles. The predicted octanol–water partition coefficient (Wildman–Crippen LogP) is 4.07. The SMILES string of the molecule is CCOc1ccccc1NC(=O)c1ccc(NCc2ccc3c(c2)OCO3)cn1. The van der Waals surface area contributed by atoms with Crippen LogP contribution in [-0.2, 0) is 6.54 Å². The third-order valence-electron chi connectivity index (χ3n) is 4.36. The number of carbonyl (C=O) groups excluding carboxylic acids is 1. The molecular weight excluding hydrogens is 370 g/mol. The van der Waals surface area contributed by atoms with Gasteiger partial charge in [0.05, 0.1) is 24.2 Å².